The van der Waals surface area contributed by atoms with Gasteiger partial charge in [-0.2, -0.15) is 5.10 Å². The lowest BCUT2D eigenvalue weighted by molar-refractivity contribution is 0.834. The van der Waals surface area contributed by atoms with Crippen LogP contribution in [0.5, 0.6) is 0 Å². The van der Waals surface area contributed by atoms with Crippen LogP contribution in [0.15, 0.2) is 23.7 Å². The van der Waals surface area contributed by atoms with Gasteiger partial charge in [0.05, 0.1) is 6.20 Å². The second kappa shape index (κ2) is 2.50. The molecule has 11 heavy (non-hydrogen) atoms. The lowest BCUT2D eigenvalue weighted by atomic mass is 10.7. The monoisotopic (exact) mass is 166 g/mol. The maximum absolute atomic E-state index is 4.21. The van der Waals surface area contributed by atoms with Crippen LogP contribution in [-0.2, 0) is 0 Å². The van der Waals surface area contributed by atoms with Crippen LogP contribution >= 0.6 is 11.8 Å². The van der Waals surface area contributed by atoms with Gasteiger partial charge < -0.3 is 0 Å². The normalized spacial score (nSPS) is 10.6. The zero-order valence-corrected chi connectivity index (χ0v) is 6.75. The van der Waals surface area contributed by atoms with E-state index in [4.69, 9.17) is 0 Å². The molecule has 2 rings (SSSR count). The van der Waals surface area contributed by atoms with Crippen LogP contribution in [0, 0.1) is 0 Å². The Morgan fingerprint density at radius 1 is 1.55 bits per heavy atom. The van der Waals surface area contributed by atoms with Crippen LogP contribution in [0.4, 0.5) is 0 Å². The number of fused-ring (bicyclic) bond motifs is 1. The van der Waals surface area contributed by atoms with Crippen molar-refractivity contribution in [1.82, 2.24) is 19.6 Å². The molecule has 0 amide bonds. The highest BCUT2D eigenvalue weighted by atomic mass is 32.2. The first-order valence-corrected chi connectivity index (χ1v) is 4.33. The summed E-state index contributed by atoms with van der Waals surface area (Å²) in [4.78, 5) is 8.26. The summed E-state index contributed by atoms with van der Waals surface area (Å²) in [5.41, 5.74) is 0.837. The molecule has 0 saturated heterocycles. The third-order valence-electron chi connectivity index (χ3n) is 1.32. The van der Waals surface area contributed by atoms with Crippen molar-refractivity contribution in [3.05, 3.63) is 18.6 Å². The van der Waals surface area contributed by atoms with E-state index in [1.54, 1.807) is 17.0 Å². The van der Waals surface area contributed by atoms with Crippen LogP contribution < -0.4 is 0 Å². The highest BCUT2D eigenvalue weighted by Crippen LogP contribution is 2.07. The molecular weight excluding hydrogens is 160 g/mol. The molecule has 2 aromatic heterocycles. The van der Waals surface area contributed by atoms with E-state index in [0.717, 1.165) is 10.8 Å². The Balaban J connectivity index is 2.67. The molecule has 0 spiro atoms. The van der Waals surface area contributed by atoms with Crippen molar-refractivity contribution < 1.29 is 0 Å². The molecular formula is C6H6N4S. The Kier molecular flexibility index (Phi) is 1.50. The van der Waals surface area contributed by atoms with Gasteiger partial charge in [0, 0.05) is 6.07 Å². The second-order valence-corrected chi connectivity index (χ2v) is 2.75. The zero-order valence-electron chi connectivity index (χ0n) is 5.93. The number of hydrogen-bond acceptors (Lipinski definition) is 4. The van der Waals surface area contributed by atoms with E-state index in [0.29, 0.717) is 0 Å². The van der Waals surface area contributed by atoms with Crippen LogP contribution in [-0.4, -0.2) is 25.8 Å². The van der Waals surface area contributed by atoms with Crippen LogP contribution in [0.25, 0.3) is 5.65 Å². The number of hydrogen-bond donors (Lipinski definition) is 0. The summed E-state index contributed by atoms with van der Waals surface area (Å²) in [6.07, 6.45) is 5.31. The van der Waals surface area contributed by atoms with Crippen LogP contribution in [0.2, 0.25) is 0 Å². The molecule has 4 nitrogen and oxygen atoms in total. The van der Waals surface area contributed by atoms with Crippen molar-refractivity contribution in [2.45, 2.75) is 5.16 Å². The van der Waals surface area contributed by atoms with Gasteiger partial charge in [0.2, 0.25) is 0 Å². The number of nitrogens with zero attached hydrogens (tertiary/aromatic N) is 4. The van der Waals surface area contributed by atoms with Crippen molar-refractivity contribution in [1.29, 1.82) is 0 Å². The van der Waals surface area contributed by atoms with E-state index in [-0.39, 0.29) is 0 Å². The predicted octanol–water partition coefficient (Wildman–Crippen LogP) is 0.846. The third-order valence-corrected chi connectivity index (χ3v) is 1.88. The largest absolute Gasteiger partial charge is 0.211 e. The molecule has 0 bridgehead atoms. The van der Waals surface area contributed by atoms with E-state index < -0.39 is 0 Å². The van der Waals surface area contributed by atoms with Crippen molar-refractivity contribution in [3.63, 3.8) is 0 Å². The van der Waals surface area contributed by atoms with Gasteiger partial charge in [-0.1, -0.05) is 11.8 Å². The molecule has 0 unspecified atom stereocenters. The molecule has 0 saturated carbocycles. The van der Waals surface area contributed by atoms with Crippen molar-refractivity contribution >= 4 is 17.4 Å². The molecule has 0 N–H and O–H groups in total. The molecule has 0 atom stereocenters. The van der Waals surface area contributed by atoms with Gasteiger partial charge in [0.1, 0.15) is 6.33 Å². The highest BCUT2D eigenvalue weighted by molar-refractivity contribution is 7.98. The number of rotatable bonds is 1. The van der Waals surface area contributed by atoms with E-state index in [2.05, 4.69) is 15.1 Å². The van der Waals surface area contributed by atoms with Gasteiger partial charge in [-0.15, -0.1) is 0 Å². The summed E-state index contributed by atoms with van der Waals surface area (Å²) in [7, 11) is 0. The van der Waals surface area contributed by atoms with Crippen molar-refractivity contribution in [2.75, 3.05) is 6.26 Å². The van der Waals surface area contributed by atoms with Gasteiger partial charge in [-0.05, 0) is 6.26 Å². The molecule has 0 aliphatic rings. The third kappa shape index (κ3) is 1.07. The zero-order chi connectivity index (χ0) is 7.68. The van der Waals surface area contributed by atoms with Crippen LogP contribution in [0.3, 0.4) is 0 Å². The summed E-state index contributed by atoms with van der Waals surface area (Å²) in [5, 5.41) is 4.75. The maximum Gasteiger partial charge on any atom is 0.190 e. The average Bonchev–Trinajstić information content (AvgIpc) is 2.50. The first-order chi connectivity index (χ1) is 5.40. The van der Waals surface area contributed by atoms with Gasteiger partial charge >= 0.3 is 0 Å². The minimum atomic E-state index is 0.776. The first-order valence-electron chi connectivity index (χ1n) is 3.10. The SMILES string of the molecule is CSc1ncn2nccc2n1. The number of aromatic nitrogens is 4. The maximum atomic E-state index is 4.21. The molecule has 56 valence electrons. The Morgan fingerprint density at radius 2 is 2.45 bits per heavy atom. The first kappa shape index (κ1) is 6.60. The average molecular weight is 166 g/mol. The summed E-state index contributed by atoms with van der Waals surface area (Å²) in [6, 6.07) is 1.85. The van der Waals surface area contributed by atoms with E-state index >= 15 is 0 Å². The smallest absolute Gasteiger partial charge is 0.190 e. The lowest BCUT2D eigenvalue weighted by Crippen LogP contribution is -1.93. The Bertz CT molecular complexity index is 369. The van der Waals surface area contributed by atoms with Gasteiger partial charge in [0.15, 0.2) is 10.8 Å². The van der Waals surface area contributed by atoms with Gasteiger partial charge in [-0.25, -0.2) is 14.5 Å². The summed E-state index contributed by atoms with van der Waals surface area (Å²) >= 11 is 1.52. The molecule has 0 aromatic carbocycles. The molecule has 0 aliphatic carbocycles. The predicted molar refractivity (Wildman–Crippen MR) is 42.6 cm³/mol. The fourth-order valence-corrected chi connectivity index (χ4v) is 1.15. The standard InChI is InChI=1S/C6H6N4S/c1-11-6-7-4-10-5(9-6)2-3-8-10/h2-4H,1H3. The molecule has 0 radical (unpaired) electrons. The molecule has 0 fully saturated rings. The summed E-state index contributed by atoms with van der Waals surface area (Å²) in [6.45, 7) is 0. The topological polar surface area (TPSA) is 43.1 Å². The summed E-state index contributed by atoms with van der Waals surface area (Å²) in [5.74, 6) is 0. The Labute approximate surface area is 67.7 Å². The Hall–Kier alpha value is -1.10. The highest BCUT2D eigenvalue weighted by Gasteiger charge is 1.96. The molecule has 2 heterocycles. The van der Waals surface area contributed by atoms with E-state index in [9.17, 15) is 0 Å². The quantitative estimate of drug-likeness (QED) is 0.589. The lowest BCUT2D eigenvalue weighted by Gasteiger charge is -1.93. The summed E-state index contributed by atoms with van der Waals surface area (Å²) < 4.78 is 1.64. The Morgan fingerprint density at radius 3 is 3.27 bits per heavy atom. The van der Waals surface area contributed by atoms with E-state index in [1.807, 2.05) is 12.3 Å². The molecule has 0 aliphatic heterocycles. The van der Waals surface area contributed by atoms with Gasteiger partial charge in [-0.3, -0.25) is 0 Å². The molecule has 5 heteroatoms. The fourth-order valence-electron chi connectivity index (χ4n) is 0.814. The number of thioether (sulfide) groups is 1. The molecule has 2 aromatic rings. The van der Waals surface area contributed by atoms with E-state index in [1.165, 1.54) is 11.8 Å². The fraction of sp³-hybridized carbons (Fsp3) is 0.167. The van der Waals surface area contributed by atoms with Crippen LogP contribution in [0.1, 0.15) is 0 Å². The minimum Gasteiger partial charge on any atom is -0.211 e. The van der Waals surface area contributed by atoms with Gasteiger partial charge in [0.25, 0.3) is 0 Å². The second-order valence-electron chi connectivity index (χ2n) is 1.98. The van der Waals surface area contributed by atoms with Crippen molar-refractivity contribution in [3.8, 4) is 0 Å². The van der Waals surface area contributed by atoms with Crippen molar-refractivity contribution in [2.24, 2.45) is 0 Å². The minimum absolute atomic E-state index is 0.776.